The minimum Gasteiger partial charge on any atom is -0.456 e. The highest BCUT2D eigenvalue weighted by Crippen LogP contribution is 2.60. The summed E-state index contributed by atoms with van der Waals surface area (Å²) in [6.45, 7) is 13.9. The highest BCUT2D eigenvalue weighted by Gasteiger charge is 2.47. The van der Waals surface area contributed by atoms with Gasteiger partial charge in [0.1, 0.15) is 11.2 Å². The maximum absolute atomic E-state index is 6.69. The first-order chi connectivity index (χ1) is 33.5. The lowest BCUT2D eigenvalue weighted by molar-refractivity contribution is 0.569. The highest BCUT2D eigenvalue weighted by atomic mass is 16.3. The maximum Gasteiger partial charge on any atom is 0.137 e. The summed E-state index contributed by atoms with van der Waals surface area (Å²) in [7, 11) is 0. The van der Waals surface area contributed by atoms with Crippen molar-refractivity contribution in [1.29, 1.82) is 0 Å². The van der Waals surface area contributed by atoms with Crippen molar-refractivity contribution in [3.63, 3.8) is 0 Å². The van der Waals surface area contributed by atoms with E-state index in [1.54, 1.807) is 0 Å². The first-order valence-corrected chi connectivity index (χ1v) is 24.3. The van der Waals surface area contributed by atoms with Crippen LogP contribution in [0.3, 0.4) is 0 Å². The Morgan fingerprint density at radius 2 is 0.884 bits per heavy atom. The van der Waals surface area contributed by atoms with Gasteiger partial charge in [0, 0.05) is 16.5 Å². The van der Waals surface area contributed by atoms with Gasteiger partial charge in [0.15, 0.2) is 0 Å². The molecule has 0 spiro atoms. The van der Waals surface area contributed by atoms with E-state index in [9.17, 15) is 0 Å². The van der Waals surface area contributed by atoms with Crippen LogP contribution < -0.4 is 4.90 Å². The normalized spacial score (nSPS) is 13.2. The molecule has 1 aliphatic rings. The molecule has 0 N–H and O–H groups in total. The molecule has 0 radical (unpaired) electrons. The molecule has 12 rings (SSSR count). The molecule has 11 aromatic rings. The van der Waals surface area contributed by atoms with E-state index < -0.39 is 5.41 Å². The van der Waals surface area contributed by atoms with Gasteiger partial charge in [-0.25, -0.2) is 0 Å². The molecule has 0 saturated heterocycles. The zero-order chi connectivity index (χ0) is 47.1. The number of fused-ring (bicyclic) bond motifs is 7. The average Bonchev–Trinajstić information content (AvgIpc) is 3.91. The van der Waals surface area contributed by atoms with Crippen molar-refractivity contribution in [1.82, 2.24) is 0 Å². The molecular formula is C67H55NO. The van der Waals surface area contributed by atoms with Crippen molar-refractivity contribution in [2.75, 3.05) is 4.90 Å². The second-order valence-corrected chi connectivity index (χ2v) is 20.8. The van der Waals surface area contributed by atoms with E-state index in [0.29, 0.717) is 0 Å². The summed E-state index contributed by atoms with van der Waals surface area (Å²) in [5, 5.41) is 4.61. The third-order valence-corrected chi connectivity index (χ3v) is 14.6. The standard InChI is InChI=1S/C67H55NO/c1-65(2,3)48-41-45(42-49(43-48)66(4,5)6)50-32-19-23-44-24-20-33-52(62(44)50)51-29-14-17-36-57(51)68(59-38-22-40-61-64(59)54-31-15-18-39-60(54)69-61)58-37-21-35-56-63(58)53-30-13-16-34-55(53)67(56,46-25-9-7-10-26-46)47-27-11-8-12-28-47/h7-43H,1-6H3. The molecule has 10 aromatic carbocycles. The monoisotopic (exact) mass is 889 g/mol. The predicted octanol–water partition coefficient (Wildman–Crippen LogP) is 18.5. The van der Waals surface area contributed by atoms with E-state index in [4.69, 9.17) is 4.42 Å². The third-order valence-electron chi connectivity index (χ3n) is 14.6. The SMILES string of the molecule is CC(C)(C)c1cc(-c2cccc3cccc(-c4ccccc4N(c4cccc5c4-c4ccccc4C5(c4ccccc4)c4ccccc4)c4cccc5oc6ccccc6c45)c23)cc(C(C)(C)C)c1. The Morgan fingerprint density at radius 1 is 0.377 bits per heavy atom. The fourth-order valence-corrected chi connectivity index (χ4v) is 11.3. The van der Waals surface area contributed by atoms with Crippen LogP contribution in [0.2, 0.25) is 0 Å². The average molecular weight is 890 g/mol. The van der Waals surface area contributed by atoms with Crippen LogP contribution in [-0.4, -0.2) is 0 Å². The number of nitrogens with zero attached hydrogens (tertiary/aromatic N) is 1. The first-order valence-electron chi connectivity index (χ1n) is 24.3. The van der Waals surface area contributed by atoms with Crippen LogP contribution >= 0.6 is 0 Å². The van der Waals surface area contributed by atoms with Crippen molar-refractivity contribution in [3.05, 3.63) is 258 Å². The van der Waals surface area contributed by atoms with Gasteiger partial charge in [-0.1, -0.05) is 236 Å². The molecule has 0 fully saturated rings. The number of rotatable bonds is 7. The minimum atomic E-state index is -0.567. The smallest absolute Gasteiger partial charge is 0.137 e. The summed E-state index contributed by atoms with van der Waals surface area (Å²) < 4.78 is 6.69. The number of para-hydroxylation sites is 2. The first kappa shape index (κ1) is 42.4. The molecule has 1 heterocycles. The molecule has 0 bridgehead atoms. The zero-order valence-corrected chi connectivity index (χ0v) is 40.2. The van der Waals surface area contributed by atoms with Gasteiger partial charge in [-0.15, -0.1) is 0 Å². The van der Waals surface area contributed by atoms with E-state index in [1.165, 1.54) is 72.0 Å². The molecule has 1 aliphatic carbocycles. The summed E-state index contributed by atoms with van der Waals surface area (Å²) in [6, 6.07) is 83.2. The Labute approximate surface area is 406 Å². The number of benzene rings is 10. The molecule has 0 amide bonds. The Kier molecular flexibility index (Phi) is 9.90. The minimum absolute atomic E-state index is 0.0258. The summed E-state index contributed by atoms with van der Waals surface area (Å²) in [5.41, 5.74) is 19.3. The molecule has 0 aliphatic heterocycles. The fourth-order valence-electron chi connectivity index (χ4n) is 11.3. The lowest BCUT2D eigenvalue weighted by Gasteiger charge is -2.34. The topological polar surface area (TPSA) is 16.4 Å². The molecule has 2 nitrogen and oxygen atoms in total. The van der Waals surface area contributed by atoms with E-state index in [0.717, 1.165) is 44.6 Å². The van der Waals surface area contributed by atoms with Crippen molar-refractivity contribution in [2.45, 2.75) is 57.8 Å². The quantitative estimate of drug-likeness (QED) is 0.159. The van der Waals surface area contributed by atoms with Crippen molar-refractivity contribution < 1.29 is 4.42 Å². The number of furan rings is 1. The summed E-state index contributed by atoms with van der Waals surface area (Å²) in [5.74, 6) is 0. The van der Waals surface area contributed by atoms with Crippen molar-refractivity contribution >= 4 is 49.8 Å². The molecule has 0 unspecified atom stereocenters. The van der Waals surface area contributed by atoms with Gasteiger partial charge in [0.2, 0.25) is 0 Å². The van der Waals surface area contributed by atoms with Gasteiger partial charge < -0.3 is 9.32 Å². The lowest BCUT2D eigenvalue weighted by atomic mass is 9.68. The molecule has 1 aromatic heterocycles. The second kappa shape index (κ2) is 16.1. The van der Waals surface area contributed by atoms with Crippen LogP contribution in [0.25, 0.3) is 66.1 Å². The summed E-state index contributed by atoms with van der Waals surface area (Å²) in [6.07, 6.45) is 0. The van der Waals surface area contributed by atoms with Gasteiger partial charge >= 0.3 is 0 Å². The van der Waals surface area contributed by atoms with Crippen molar-refractivity contribution in [3.8, 4) is 33.4 Å². The summed E-state index contributed by atoms with van der Waals surface area (Å²) in [4.78, 5) is 2.54. The van der Waals surface area contributed by atoms with Gasteiger partial charge in [-0.05, 0) is 108 Å². The van der Waals surface area contributed by atoms with Crippen LogP contribution in [0.5, 0.6) is 0 Å². The molecular weight excluding hydrogens is 835 g/mol. The lowest BCUT2D eigenvalue weighted by Crippen LogP contribution is -2.28. The van der Waals surface area contributed by atoms with E-state index in [1.807, 2.05) is 0 Å². The zero-order valence-electron chi connectivity index (χ0n) is 40.2. The molecule has 69 heavy (non-hydrogen) atoms. The number of anilines is 3. The van der Waals surface area contributed by atoms with Gasteiger partial charge in [-0.3, -0.25) is 0 Å². The Morgan fingerprint density at radius 3 is 1.58 bits per heavy atom. The second-order valence-electron chi connectivity index (χ2n) is 20.8. The van der Waals surface area contributed by atoms with Gasteiger partial charge in [0.05, 0.1) is 27.9 Å². The van der Waals surface area contributed by atoms with Crippen molar-refractivity contribution in [2.24, 2.45) is 0 Å². The van der Waals surface area contributed by atoms with E-state index in [2.05, 4.69) is 271 Å². The maximum atomic E-state index is 6.69. The third kappa shape index (κ3) is 6.76. The molecule has 334 valence electrons. The highest BCUT2D eigenvalue weighted by molar-refractivity contribution is 6.16. The van der Waals surface area contributed by atoms with Crippen LogP contribution in [0.4, 0.5) is 17.1 Å². The van der Waals surface area contributed by atoms with Gasteiger partial charge in [-0.2, -0.15) is 0 Å². The Balaban J connectivity index is 1.19. The van der Waals surface area contributed by atoms with Crippen LogP contribution in [0, 0.1) is 0 Å². The largest absolute Gasteiger partial charge is 0.456 e. The van der Waals surface area contributed by atoms with Crippen LogP contribution in [0.15, 0.2) is 229 Å². The number of hydrogen-bond acceptors (Lipinski definition) is 2. The Hall–Kier alpha value is -7.94. The van der Waals surface area contributed by atoms with E-state index in [-0.39, 0.29) is 10.8 Å². The predicted molar refractivity (Wildman–Crippen MR) is 291 cm³/mol. The van der Waals surface area contributed by atoms with Crippen LogP contribution in [-0.2, 0) is 16.2 Å². The fraction of sp³-hybridized carbons (Fsp3) is 0.134. The molecule has 0 saturated carbocycles. The molecule has 2 heteroatoms. The van der Waals surface area contributed by atoms with Crippen LogP contribution in [0.1, 0.15) is 74.9 Å². The molecule has 0 atom stereocenters. The van der Waals surface area contributed by atoms with E-state index >= 15 is 0 Å². The summed E-state index contributed by atoms with van der Waals surface area (Å²) >= 11 is 0. The van der Waals surface area contributed by atoms with Gasteiger partial charge in [0.25, 0.3) is 0 Å². The number of hydrogen-bond donors (Lipinski definition) is 0. The Bertz CT molecular complexity index is 3670.